The minimum absolute atomic E-state index is 0.139. The number of aromatic nitrogens is 1. The molecule has 0 radical (unpaired) electrons. The molecule has 1 heterocycles. The Hall–Kier alpha value is -2.02. The molecule has 0 spiro atoms. The van der Waals surface area contributed by atoms with Gasteiger partial charge >= 0.3 is 12.1 Å². The zero-order valence-corrected chi connectivity index (χ0v) is 10.7. The average molecular weight is 306 g/mol. The summed E-state index contributed by atoms with van der Waals surface area (Å²) in [6.45, 7) is 0. The zero-order valence-electron chi connectivity index (χ0n) is 9.99. The molecule has 0 amide bonds. The van der Waals surface area contributed by atoms with Gasteiger partial charge in [0.05, 0.1) is 12.1 Å². The van der Waals surface area contributed by atoms with Crippen LogP contribution in [0, 0.1) is 0 Å². The molecule has 0 aliphatic carbocycles. The lowest BCUT2D eigenvalue weighted by molar-refractivity contribution is -0.156. The molecule has 0 unspecified atom stereocenters. The van der Waals surface area contributed by atoms with Gasteiger partial charge in [0.2, 0.25) is 0 Å². The maximum Gasteiger partial charge on any atom is 0.453 e. The van der Waals surface area contributed by atoms with E-state index in [1.807, 2.05) is 0 Å². The Labute approximate surface area is 116 Å². The first-order valence-electron chi connectivity index (χ1n) is 5.26. The number of carbonyl (C=O) groups excluding carboxylic acids is 1. The molecule has 4 nitrogen and oxygen atoms in total. The average Bonchev–Trinajstić information content (AvgIpc) is 2.82. The molecule has 1 aromatic heterocycles. The summed E-state index contributed by atoms with van der Waals surface area (Å²) >= 11 is 5.89. The van der Waals surface area contributed by atoms with Gasteiger partial charge in [-0.05, 0) is 6.07 Å². The molecule has 2 aromatic rings. The van der Waals surface area contributed by atoms with Crippen LogP contribution in [0.3, 0.4) is 0 Å². The summed E-state index contributed by atoms with van der Waals surface area (Å²) in [5.41, 5.74) is -0.961. The molecular formula is C12H7ClF3NO3. The normalized spacial score (nSPS) is 11.4. The number of halogens is 4. The van der Waals surface area contributed by atoms with Crippen molar-refractivity contribution >= 4 is 17.6 Å². The van der Waals surface area contributed by atoms with Crippen molar-refractivity contribution in [1.29, 1.82) is 0 Å². The highest BCUT2D eigenvalue weighted by Gasteiger charge is 2.43. The van der Waals surface area contributed by atoms with Crippen LogP contribution in [-0.2, 0) is 10.9 Å². The molecule has 106 valence electrons. The smallest absolute Gasteiger partial charge is 0.453 e. The molecule has 1 aromatic carbocycles. The van der Waals surface area contributed by atoms with E-state index in [0.29, 0.717) is 0 Å². The summed E-state index contributed by atoms with van der Waals surface area (Å²) in [7, 11) is 0.964. The number of esters is 1. The molecule has 20 heavy (non-hydrogen) atoms. The Kier molecular flexibility index (Phi) is 3.71. The van der Waals surface area contributed by atoms with E-state index in [1.165, 1.54) is 12.1 Å². The van der Waals surface area contributed by atoms with Gasteiger partial charge in [0.15, 0.2) is 0 Å². The number of hydrogen-bond donors (Lipinski definition) is 0. The monoisotopic (exact) mass is 305 g/mol. The molecular weight excluding hydrogens is 299 g/mol. The van der Waals surface area contributed by atoms with Gasteiger partial charge in [0.25, 0.3) is 5.76 Å². The third-order valence-corrected chi connectivity index (χ3v) is 2.80. The predicted octanol–water partition coefficient (Wildman–Crippen LogP) is 3.80. The van der Waals surface area contributed by atoms with Crippen molar-refractivity contribution in [3.8, 4) is 11.3 Å². The Balaban J connectivity index is 2.70. The number of nitrogens with zero attached hydrogens (tertiary/aromatic N) is 1. The molecule has 0 bridgehead atoms. The molecule has 0 saturated carbocycles. The summed E-state index contributed by atoms with van der Waals surface area (Å²) in [6.07, 6.45) is -4.87. The van der Waals surface area contributed by atoms with E-state index in [9.17, 15) is 18.0 Å². The third kappa shape index (κ3) is 2.49. The van der Waals surface area contributed by atoms with Crippen LogP contribution in [0.5, 0.6) is 0 Å². The molecule has 2 rings (SSSR count). The summed E-state index contributed by atoms with van der Waals surface area (Å²) in [6, 6.07) is 6.02. The topological polar surface area (TPSA) is 52.3 Å². The molecule has 8 heteroatoms. The van der Waals surface area contributed by atoms with Gasteiger partial charge in [-0.25, -0.2) is 4.79 Å². The Morgan fingerprint density at radius 2 is 2.00 bits per heavy atom. The SMILES string of the molecule is COC(=O)c1c(-c2ccccc2Cl)noc1C(F)(F)F. The molecule has 0 aliphatic heterocycles. The number of carbonyl (C=O) groups is 1. The highest BCUT2D eigenvalue weighted by Crippen LogP contribution is 2.38. The molecule has 0 fully saturated rings. The third-order valence-electron chi connectivity index (χ3n) is 2.47. The number of methoxy groups -OCH3 is 1. The van der Waals surface area contributed by atoms with Gasteiger partial charge in [0.1, 0.15) is 11.3 Å². The second-order valence-electron chi connectivity index (χ2n) is 3.70. The van der Waals surface area contributed by atoms with Crippen LogP contribution in [0.15, 0.2) is 28.8 Å². The minimum Gasteiger partial charge on any atom is -0.465 e. The fourth-order valence-electron chi connectivity index (χ4n) is 1.61. The summed E-state index contributed by atoms with van der Waals surface area (Å²) in [5, 5.41) is 3.44. The van der Waals surface area contributed by atoms with Gasteiger partial charge in [-0.15, -0.1) is 0 Å². The minimum atomic E-state index is -4.87. The van der Waals surface area contributed by atoms with Crippen molar-refractivity contribution in [2.45, 2.75) is 6.18 Å². The van der Waals surface area contributed by atoms with E-state index in [0.717, 1.165) is 7.11 Å². The van der Waals surface area contributed by atoms with Crippen LogP contribution in [0.25, 0.3) is 11.3 Å². The lowest BCUT2D eigenvalue weighted by Gasteiger charge is -2.05. The van der Waals surface area contributed by atoms with Crippen LogP contribution in [-0.4, -0.2) is 18.2 Å². The molecule has 0 aliphatic rings. The number of alkyl halides is 3. The summed E-state index contributed by atoms with van der Waals surface area (Å²) in [5.74, 6) is -2.72. The Morgan fingerprint density at radius 1 is 1.35 bits per heavy atom. The fraction of sp³-hybridized carbons (Fsp3) is 0.167. The van der Waals surface area contributed by atoms with Crippen LogP contribution in [0.4, 0.5) is 13.2 Å². The van der Waals surface area contributed by atoms with E-state index in [2.05, 4.69) is 14.4 Å². The maximum absolute atomic E-state index is 12.8. The molecule has 0 saturated heterocycles. The highest BCUT2D eigenvalue weighted by molar-refractivity contribution is 6.33. The zero-order chi connectivity index (χ0) is 14.9. The van der Waals surface area contributed by atoms with E-state index < -0.39 is 23.5 Å². The largest absolute Gasteiger partial charge is 0.465 e. The summed E-state index contributed by atoms with van der Waals surface area (Å²) < 4.78 is 47.0. The lowest BCUT2D eigenvalue weighted by atomic mass is 10.1. The molecule has 0 atom stereocenters. The van der Waals surface area contributed by atoms with Crippen LogP contribution in [0.1, 0.15) is 16.1 Å². The van der Waals surface area contributed by atoms with Gasteiger partial charge in [-0.2, -0.15) is 13.2 Å². The van der Waals surface area contributed by atoms with Gasteiger partial charge in [-0.3, -0.25) is 0 Å². The number of hydrogen-bond acceptors (Lipinski definition) is 4. The number of benzene rings is 1. The first-order chi connectivity index (χ1) is 9.36. The van der Waals surface area contributed by atoms with Crippen LogP contribution < -0.4 is 0 Å². The van der Waals surface area contributed by atoms with Crippen molar-refractivity contribution in [1.82, 2.24) is 5.16 Å². The maximum atomic E-state index is 12.8. The first-order valence-corrected chi connectivity index (χ1v) is 5.64. The van der Waals surface area contributed by atoms with Gasteiger partial charge in [0, 0.05) is 5.56 Å². The van der Waals surface area contributed by atoms with Crippen molar-refractivity contribution in [3.05, 3.63) is 40.6 Å². The Bertz CT molecular complexity index is 652. The van der Waals surface area contributed by atoms with E-state index >= 15 is 0 Å². The second kappa shape index (κ2) is 5.16. The standard InChI is InChI=1S/C12H7ClF3NO3/c1-19-11(18)8-9(6-4-2-3-5-7(6)13)17-20-10(8)12(14,15)16/h2-5H,1H3. The first kappa shape index (κ1) is 14.4. The Morgan fingerprint density at radius 3 is 2.55 bits per heavy atom. The van der Waals surface area contributed by atoms with Gasteiger partial charge in [-0.1, -0.05) is 35.0 Å². The van der Waals surface area contributed by atoms with Gasteiger partial charge < -0.3 is 9.26 Å². The fourth-order valence-corrected chi connectivity index (χ4v) is 1.84. The van der Waals surface area contributed by atoms with Crippen molar-refractivity contribution in [2.75, 3.05) is 7.11 Å². The van der Waals surface area contributed by atoms with Crippen molar-refractivity contribution in [3.63, 3.8) is 0 Å². The van der Waals surface area contributed by atoms with E-state index in [4.69, 9.17) is 11.6 Å². The van der Waals surface area contributed by atoms with Crippen LogP contribution >= 0.6 is 11.6 Å². The number of rotatable bonds is 2. The van der Waals surface area contributed by atoms with Crippen LogP contribution in [0.2, 0.25) is 5.02 Å². The molecule has 0 N–H and O–H groups in total. The summed E-state index contributed by atoms with van der Waals surface area (Å²) in [4.78, 5) is 11.6. The predicted molar refractivity (Wildman–Crippen MR) is 63.3 cm³/mol. The number of ether oxygens (including phenoxy) is 1. The van der Waals surface area contributed by atoms with Crippen molar-refractivity contribution < 1.29 is 27.2 Å². The second-order valence-corrected chi connectivity index (χ2v) is 4.11. The highest BCUT2D eigenvalue weighted by atomic mass is 35.5. The van der Waals surface area contributed by atoms with E-state index in [-0.39, 0.29) is 16.3 Å². The van der Waals surface area contributed by atoms with Crippen molar-refractivity contribution in [2.24, 2.45) is 0 Å². The lowest BCUT2D eigenvalue weighted by Crippen LogP contribution is -2.12. The quantitative estimate of drug-likeness (QED) is 0.792. The van der Waals surface area contributed by atoms with E-state index in [1.54, 1.807) is 12.1 Å².